The van der Waals surface area contributed by atoms with Gasteiger partial charge in [-0.15, -0.1) is 0 Å². The van der Waals surface area contributed by atoms with E-state index >= 15 is 0 Å². The van der Waals surface area contributed by atoms with Crippen LogP contribution in [0.2, 0.25) is 0 Å². The lowest BCUT2D eigenvalue weighted by atomic mass is 10.9. The first-order valence-electron chi connectivity index (χ1n) is 3.15. The molecule has 0 N–H and O–H groups in total. The Morgan fingerprint density at radius 2 is 1.64 bits per heavy atom. The normalized spacial score (nSPS) is 12.5. The first kappa shape index (κ1) is 11.7. The topological polar surface area (TPSA) is 18.5 Å². The number of alkyl halides is 3. The second kappa shape index (κ2) is 5.36. The summed E-state index contributed by atoms with van der Waals surface area (Å²) in [6, 6.07) is 0. The van der Waals surface area contributed by atoms with Crippen molar-refractivity contribution in [2.75, 3.05) is 13.2 Å². The first-order chi connectivity index (χ1) is 5.02. The molecule has 0 bridgehead atoms. The predicted octanol–water partition coefficient (Wildman–Crippen LogP) is 3.32. The smallest absolute Gasteiger partial charge is 0.329 e. The average molecular weight is 251 g/mol. The molecule has 0 unspecified atom stereocenters. The fourth-order valence-corrected chi connectivity index (χ4v) is 1.87. The molecule has 0 spiro atoms. The van der Waals surface area contributed by atoms with Gasteiger partial charge in [0.1, 0.15) is 0 Å². The summed E-state index contributed by atoms with van der Waals surface area (Å²) in [5.74, 6) is 0. The van der Waals surface area contributed by atoms with E-state index in [0.717, 1.165) is 0 Å². The molecule has 6 heteroatoms. The maximum atomic E-state index is 12.5. The van der Waals surface area contributed by atoms with Crippen molar-refractivity contribution in [1.82, 2.24) is 0 Å². The first-order valence-corrected chi connectivity index (χ1v) is 5.12. The zero-order valence-electron chi connectivity index (χ0n) is 6.31. The van der Waals surface area contributed by atoms with Gasteiger partial charge >= 0.3 is 4.57 Å². The van der Waals surface area contributed by atoms with Gasteiger partial charge in [-0.25, -0.2) is 0 Å². The molecule has 0 saturated carbocycles. The van der Waals surface area contributed by atoms with Crippen molar-refractivity contribution in [2.45, 2.75) is 18.4 Å². The molecule has 2 nitrogen and oxygen atoms in total. The highest BCUT2D eigenvalue weighted by atomic mass is 79.9. The minimum atomic E-state index is -3.05. The van der Waals surface area contributed by atoms with Crippen LogP contribution in [0.15, 0.2) is 0 Å². The molecular formula is C5H10BrF2O2P. The largest absolute Gasteiger partial charge is 0.367 e. The highest BCUT2D eigenvalue weighted by Gasteiger charge is 2.39. The van der Waals surface area contributed by atoms with E-state index in [1.807, 2.05) is 0 Å². The van der Waals surface area contributed by atoms with Gasteiger partial charge in [0.25, 0.3) is 8.38 Å². The maximum absolute atomic E-state index is 12.5. The van der Waals surface area contributed by atoms with Crippen molar-refractivity contribution in [3.63, 3.8) is 0 Å². The summed E-state index contributed by atoms with van der Waals surface area (Å²) in [5.41, 5.74) is 0. The summed E-state index contributed by atoms with van der Waals surface area (Å²) in [7, 11) is -2.12. The van der Waals surface area contributed by atoms with Crippen LogP contribution in [0.25, 0.3) is 0 Å². The van der Waals surface area contributed by atoms with Crippen molar-refractivity contribution < 1.29 is 17.8 Å². The lowest BCUT2D eigenvalue weighted by molar-refractivity contribution is 0.149. The summed E-state index contributed by atoms with van der Waals surface area (Å²) in [5, 5.41) is 0. The highest BCUT2D eigenvalue weighted by Crippen LogP contribution is 2.57. The monoisotopic (exact) mass is 250 g/mol. The Hall–Kier alpha value is 0.690. The van der Waals surface area contributed by atoms with Crippen LogP contribution in [-0.2, 0) is 9.05 Å². The molecule has 0 fully saturated rings. The molecule has 11 heavy (non-hydrogen) atoms. The van der Waals surface area contributed by atoms with Crippen LogP contribution >= 0.6 is 24.3 Å². The molecule has 68 valence electrons. The van der Waals surface area contributed by atoms with Crippen molar-refractivity contribution in [3.8, 4) is 0 Å². The Kier molecular flexibility index (Phi) is 5.69. The van der Waals surface area contributed by atoms with Gasteiger partial charge in [-0.3, -0.25) is 0 Å². The summed E-state index contributed by atoms with van der Waals surface area (Å²) in [4.78, 5) is 0. The summed E-state index contributed by atoms with van der Waals surface area (Å²) in [6.07, 6.45) is 0. The Bertz CT molecular complexity index is 103. The van der Waals surface area contributed by atoms with Gasteiger partial charge in [0.15, 0.2) is 0 Å². The molecule has 0 rings (SSSR count). The third-order valence-electron chi connectivity index (χ3n) is 0.700. The molecule has 0 aromatic rings. The summed E-state index contributed by atoms with van der Waals surface area (Å²) in [6.45, 7) is 3.75. The van der Waals surface area contributed by atoms with Crippen LogP contribution in [0.1, 0.15) is 13.8 Å². The number of hydrogen-bond donors (Lipinski definition) is 0. The molecule has 0 atom stereocenters. The molecule has 0 aliphatic carbocycles. The van der Waals surface area contributed by atoms with Gasteiger partial charge < -0.3 is 9.05 Å². The molecule has 0 amide bonds. The predicted molar refractivity (Wildman–Crippen MR) is 44.0 cm³/mol. The standard InChI is InChI=1S/C5H10BrF2O2P/c1-3-9-11(10-4-2)5(6,7)8/h3-4H2,1-2H3. The fourth-order valence-electron chi connectivity index (χ4n) is 0.418. The SMILES string of the molecule is CCOP(OCC)C(F)(F)Br. The zero-order valence-corrected chi connectivity index (χ0v) is 8.79. The van der Waals surface area contributed by atoms with Crippen molar-refractivity contribution in [2.24, 2.45) is 0 Å². The van der Waals surface area contributed by atoms with E-state index in [1.54, 1.807) is 13.8 Å². The van der Waals surface area contributed by atoms with Gasteiger partial charge in [-0.2, -0.15) is 8.78 Å². The summed E-state index contributed by atoms with van der Waals surface area (Å²) >= 11 is 2.19. The number of hydrogen-bond acceptors (Lipinski definition) is 2. The van der Waals surface area contributed by atoms with Gasteiger partial charge in [0, 0.05) is 15.9 Å². The third-order valence-corrected chi connectivity index (χ3v) is 2.97. The molecule has 0 heterocycles. The molecule has 0 radical (unpaired) electrons. The van der Waals surface area contributed by atoms with Crippen LogP contribution in [-0.4, -0.2) is 17.8 Å². The van der Waals surface area contributed by atoms with E-state index < -0.39 is 12.9 Å². The van der Waals surface area contributed by atoms with E-state index in [1.165, 1.54) is 0 Å². The zero-order chi connectivity index (χ0) is 8.91. The number of halogens is 3. The number of rotatable bonds is 5. The molecule has 0 aliphatic heterocycles. The maximum Gasteiger partial charge on any atom is 0.367 e. The Labute approximate surface area is 74.3 Å². The Morgan fingerprint density at radius 3 is 1.82 bits per heavy atom. The molecule has 0 aromatic carbocycles. The quantitative estimate of drug-likeness (QED) is 0.551. The van der Waals surface area contributed by atoms with Crippen LogP contribution in [0.5, 0.6) is 0 Å². The average Bonchev–Trinajstić information content (AvgIpc) is 1.85. The fraction of sp³-hybridized carbons (Fsp3) is 1.00. The van der Waals surface area contributed by atoms with Crippen molar-refractivity contribution in [1.29, 1.82) is 0 Å². The lowest BCUT2D eigenvalue weighted by Crippen LogP contribution is -2.07. The van der Waals surface area contributed by atoms with Gasteiger partial charge in [-0.05, 0) is 13.8 Å². The minimum absolute atomic E-state index is 0.229. The molecule has 0 aliphatic rings. The minimum Gasteiger partial charge on any atom is -0.329 e. The molecular weight excluding hydrogens is 241 g/mol. The van der Waals surface area contributed by atoms with Crippen LogP contribution in [0.3, 0.4) is 0 Å². The second-order valence-electron chi connectivity index (χ2n) is 1.56. The van der Waals surface area contributed by atoms with E-state index in [9.17, 15) is 8.78 Å². The van der Waals surface area contributed by atoms with E-state index in [2.05, 4.69) is 15.9 Å². The molecule has 0 aromatic heterocycles. The third kappa shape index (κ3) is 5.01. The van der Waals surface area contributed by atoms with Gasteiger partial charge in [-0.1, -0.05) is 0 Å². The van der Waals surface area contributed by atoms with Gasteiger partial charge in [0.2, 0.25) is 0 Å². The van der Waals surface area contributed by atoms with E-state index in [0.29, 0.717) is 0 Å². The second-order valence-corrected chi connectivity index (χ2v) is 4.76. The molecule has 0 saturated heterocycles. The van der Waals surface area contributed by atoms with Crippen LogP contribution < -0.4 is 0 Å². The van der Waals surface area contributed by atoms with Crippen molar-refractivity contribution in [3.05, 3.63) is 0 Å². The Balaban J connectivity index is 3.88. The lowest BCUT2D eigenvalue weighted by Gasteiger charge is -2.19. The Morgan fingerprint density at radius 1 is 1.27 bits per heavy atom. The van der Waals surface area contributed by atoms with Crippen LogP contribution in [0, 0.1) is 0 Å². The van der Waals surface area contributed by atoms with Gasteiger partial charge in [0.05, 0.1) is 13.2 Å². The summed E-state index contributed by atoms with van der Waals surface area (Å²) < 4.78 is 31.3. The van der Waals surface area contributed by atoms with Crippen molar-refractivity contribution >= 4 is 24.3 Å². The van der Waals surface area contributed by atoms with E-state index in [-0.39, 0.29) is 13.2 Å². The highest BCUT2D eigenvalue weighted by molar-refractivity contribution is 9.11. The van der Waals surface area contributed by atoms with E-state index in [4.69, 9.17) is 9.05 Å². The van der Waals surface area contributed by atoms with Crippen LogP contribution in [0.4, 0.5) is 8.78 Å².